The van der Waals surface area contributed by atoms with Crippen LogP contribution < -0.4 is 5.32 Å². The third-order valence-corrected chi connectivity index (χ3v) is 2.48. The quantitative estimate of drug-likeness (QED) is 0.781. The molecule has 0 spiro atoms. The number of rotatable bonds is 5. The first-order chi connectivity index (χ1) is 6.63. The van der Waals surface area contributed by atoms with Crippen LogP contribution in [0.2, 0.25) is 0 Å². The predicted molar refractivity (Wildman–Crippen MR) is 59.1 cm³/mol. The molecule has 1 rings (SSSR count). The summed E-state index contributed by atoms with van der Waals surface area (Å²) in [5.74, 6) is 0. The lowest BCUT2D eigenvalue weighted by atomic mass is 10.1. The predicted octanol–water partition coefficient (Wildman–Crippen LogP) is 2.26. The summed E-state index contributed by atoms with van der Waals surface area (Å²) >= 11 is 0. The zero-order valence-corrected chi connectivity index (χ0v) is 9.62. The number of hydrogen-bond donors (Lipinski definition) is 1. The molecule has 80 valence electrons. The van der Waals surface area contributed by atoms with Gasteiger partial charge >= 0.3 is 0 Å². The summed E-state index contributed by atoms with van der Waals surface area (Å²) < 4.78 is 1.85. The monoisotopic (exact) mass is 195 g/mol. The molecule has 0 aliphatic heterocycles. The Bertz CT molecular complexity index is 267. The van der Waals surface area contributed by atoms with Crippen LogP contribution >= 0.6 is 0 Å². The Morgan fingerprint density at radius 1 is 1.50 bits per heavy atom. The molecule has 1 aromatic heterocycles. The van der Waals surface area contributed by atoms with Crippen molar-refractivity contribution in [2.24, 2.45) is 7.05 Å². The minimum atomic E-state index is 0.394. The Hall–Kier alpha value is -0.830. The normalized spacial score (nSPS) is 15.4. The van der Waals surface area contributed by atoms with Gasteiger partial charge in [-0.15, -0.1) is 0 Å². The van der Waals surface area contributed by atoms with Crippen LogP contribution in [-0.4, -0.2) is 15.8 Å². The molecule has 3 heteroatoms. The number of aryl methyl sites for hydroxylation is 1. The average molecular weight is 195 g/mol. The maximum absolute atomic E-state index is 4.17. The van der Waals surface area contributed by atoms with Crippen LogP contribution in [0.3, 0.4) is 0 Å². The fraction of sp³-hybridized carbons (Fsp3) is 0.727. The highest BCUT2D eigenvalue weighted by Gasteiger charge is 2.09. The van der Waals surface area contributed by atoms with Crippen LogP contribution in [-0.2, 0) is 7.05 Å². The molecule has 0 saturated carbocycles. The average Bonchev–Trinajstić information content (AvgIpc) is 2.52. The number of hydrogen-bond acceptors (Lipinski definition) is 2. The number of nitrogens with one attached hydrogen (secondary N) is 1. The molecule has 0 aliphatic rings. The molecule has 1 N–H and O–H groups in total. The number of aromatic nitrogens is 2. The van der Waals surface area contributed by atoms with E-state index in [4.69, 9.17) is 0 Å². The molecule has 0 aliphatic carbocycles. The van der Waals surface area contributed by atoms with Crippen LogP contribution in [0.5, 0.6) is 0 Å². The van der Waals surface area contributed by atoms with Crippen LogP contribution in [0.15, 0.2) is 12.4 Å². The van der Waals surface area contributed by atoms with Gasteiger partial charge in [-0.3, -0.25) is 4.68 Å². The second-order valence-corrected chi connectivity index (χ2v) is 4.03. The smallest absolute Gasteiger partial charge is 0.0537 e. The summed E-state index contributed by atoms with van der Waals surface area (Å²) in [4.78, 5) is 0. The van der Waals surface area contributed by atoms with Gasteiger partial charge in [0, 0.05) is 30.9 Å². The molecule has 14 heavy (non-hydrogen) atoms. The summed E-state index contributed by atoms with van der Waals surface area (Å²) in [6, 6.07) is 0.973. The van der Waals surface area contributed by atoms with Gasteiger partial charge in [-0.05, 0) is 20.3 Å². The molecule has 0 amide bonds. The van der Waals surface area contributed by atoms with E-state index >= 15 is 0 Å². The van der Waals surface area contributed by atoms with Gasteiger partial charge in [0.2, 0.25) is 0 Å². The molecule has 3 nitrogen and oxygen atoms in total. The molecule has 0 saturated heterocycles. The summed E-state index contributed by atoms with van der Waals surface area (Å²) in [5.41, 5.74) is 1.26. The Morgan fingerprint density at radius 3 is 2.71 bits per heavy atom. The van der Waals surface area contributed by atoms with Crippen molar-refractivity contribution in [3.8, 4) is 0 Å². The first-order valence-electron chi connectivity index (χ1n) is 5.38. The van der Waals surface area contributed by atoms with Crippen molar-refractivity contribution >= 4 is 0 Å². The van der Waals surface area contributed by atoms with Gasteiger partial charge in [-0.25, -0.2) is 0 Å². The van der Waals surface area contributed by atoms with Crippen molar-refractivity contribution in [2.45, 2.75) is 45.7 Å². The maximum atomic E-state index is 4.17. The van der Waals surface area contributed by atoms with E-state index in [1.54, 1.807) is 0 Å². The van der Waals surface area contributed by atoms with Crippen molar-refractivity contribution in [1.82, 2.24) is 15.1 Å². The maximum Gasteiger partial charge on any atom is 0.0537 e. The van der Waals surface area contributed by atoms with Crippen LogP contribution in [0.25, 0.3) is 0 Å². The molecular weight excluding hydrogens is 174 g/mol. The lowest BCUT2D eigenvalue weighted by molar-refractivity contribution is 0.452. The standard InChI is InChI=1S/C11H21N3/c1-5-6-9(2)13-10(3)11-7-12-14(4)8-11/h7-10,13H,5-6H2,1-4H3. The van der Waals surface area contributed by atoms with E-state index in [1.807, 2.05) is 17.9 Å². The van der Waals surface area contributed by atoms with Crippen LogP contribution in [0, 0.1) is 0 Å². The van der Waals surface area contributed by atoms with Crippen LogP contribution in [0.4, 0.5) is 0 Å². The zero-order valence-electron chi connectivity index (χ0n) is 9.62. The summed E-state index contributed by atoms with van der Waals surface area (Å²) in [7, 11) is 1.95. The highest BCUT2D eigenvalue weighted by atomic mass is 15.2. The van der Waals surface area contributed by atoms with E-state index in [0.717, 1.165) is 0 Å². The first kappa shape index (κ1) is 11.2. The van der Waals surface area contributed by atoms with Crippen LogP contribution in [0.1, 0.15) is 45.2 Å². The fourth-order valence-electron chi connectivity index (χ4n) is 1.70. The van der Waals surface area contributed by atoms with Gasteiger partial charge in [0.1, 0.15) is 0 Å². The van der Waals surface area contributed by atoms with E-state index in [1.165, 1.54) is 18.4 Å². The van der Waals surface area contributed by atoms with E-state index in [2.05, 4.69) is 37.4 Å². The fourth-order valence-corrected chi connectivity index (χ4v) is 1.70. The van der Waals surface area contributed by atoms with E-state index in [-0.39, 0.29) is 0 Å². The molecule has 1 aromatic rings. The Morgan fingerprint density at radius 2 is 2.21 bits per heavy atom. The van der Waals surface area contributed by atoms with E-state index < -0.39 is 0 Å². The van der Waals surface area contributed by atoms with Gasteiger partial charge < -0.3 is 5.32 Å². The second-order valence-electron chi connectivity index (χ2n) is 4.03. The van der Waals surface area contributed by atoms with Crippen molar-refractivity contribution in [2.75, 3.05) is 0 Å². The Balaban J connectivity index is 2.45. The second kappa shape index (κ2) is 5.15. The van der Waals surface area contributed by atoms with E-state index in [9.17, 15) is 0 Å². The van der Waals surface area contributed by atoms with Gasteiger partial charge in [0.25, 0.3) is 0 Å². The largest absolute Gasteiger partial charge is 0.308 e. The highest BCUT2D eigenvalue weighted by Crippen LogP contribution is 2.12. The molecular formula is C11H21N3. The third-order valence-electron chi connectivity index (χ3n) is 2.48. The molecule has 1 heterocycles. The van der Waals surface area contributed by atoms with Gasteiger partial charge in [0.05, 0.1) is 6.20 Å². The SMILES string of the molecule is CCCC(C)NC(C)c1cnn(C)c1. The van der Waals surface area contributed by atoms with Crippen molar-refractivity contribution in [1.29, 1.82) is 0 Å². The van der Waals surface area contributed by atoms with Crippen molar-refractivity contribution in [3.05, 3.63) is 18.0 Å². The van der Waals surface area contributed by atoms with Gasteiger partial charge in [-0.1, -0.05) is 13.3 Å². The molecule has 0 aromatic carbocycles. The van der Waals surface area contributed by atoms with Gasteiger partial charge in [0.15, 0.2) is 0 Å². The van der Waals surface area contributed by atoms with E-state index in [0.29, 0.717) is 12.1 Å². The van der Waals surface area contributed by atoms with Gasteiger partial charge in [-0.2, -0.15) is 5.10 Å². The third kappa shape index (κ3) is 3.14. The van der Waals surface area contributed by atoms with Crippen molar-refractivity contribution in [3.63, 3.8) is 0 Å². The first-order valence-corrected chi connectivity index (χ1v) is 5.38. The highest BCUT2D eigenvalue weighted by molar-refractivity contribution is 5.09. The topological polar surface area (TPSA) is 29.9 Å². The molecule has 2 atom stereocenters. The molecule has 0 bridgehead atoms. The minimum Gasteiger partial charge on any atom is -0.308 e. The molecule has 0 fully saturated rings. The number of nitrogens with zero attached hydrogens (tertiary/aromatic N) is 2. The van der Waals surface area contributed by atoms with Crippen molar-refractivity contribution < 1.29 is 0 Å². The molecule has 2 unspecified atom stereocenters. The Labute approximate surface area is 86.5 Å². The lowest BCUT2D eigenvalue weighted by Crippen LogP contribution is -2.28. The summed E-state index contributed by atoms with van der Waals surface area (Å²) in [6.07, 6.45) is 6.45. The zero-order chi connectivity index (χ0) is 10.6. The molecule has 0 radical (unpaired) electrons. The summed E-state index contributed by atoms with van der Waals surface area (Å²) in [6.45, 7) is 6.63. The summed E-state index contributed by atoms with van der Waals surface area (Å²) in [5, 5.41) is 7.72. The minimum absolute atomic E-state index is 0.394. The Kier molecular flexibility index (Phi) is 4.14. The lowest BCUT2D eigenvalue weighted by Gasteiger charge is -2.18.